The Bertz CT molecular complexity index is 478. The summed E-state index contributed by atoms with van der Waals surface area (Å²) in [4.78, 5) is 10.6. The van der Waals surface area contributed by atoms with Gasteiger partial charge in [0.15, 0.2) is 6.10 Å². The third-order valence-electron chi connectivity index (χ3n) is 1.91. The summed E-state index contributed by atoms with van der Waals surface area (Å²) in [5, 5.41) is 17.2. The molecule has 1 rings (SSSR count). The highest BCUT2D eigenvalue weighted by Gasteiger charge is 2.33. The molecule has 100 valence electrons. The van der Waals surface area contributed by atoms with Crippen molar-refractivity contribution in [2.75, 3.05) is 5.73 Å². The Morgan fingerprint density at radius 3 is 2.44 bits per heavy atom. The second kappa shape index (κ2) is 4.91. The first-order chi connectivity index (χ1) is 8.13. The number of hydrogen-bond donors (Lipinski definition) is 3. The number of carboxylic acids is 1. The summed E-state index contributed by atoms with van der Waals surface area (Å²) < 4.78 is 39.6. The van der Waals surface area contributed by atoms with E-state index in [0.717, 1.165) is 12.1 Å². The summed E-state index contributed by atoms with van der Waals surface area (Å²) in [6.07, 6.45) is -7.14. The number of nitrogens with two attached hydrogens (primary N) is 1. The molecule has 0 aromatic heterocycles. The molecule has 1 unspecified atom stereocenters. The first-order valence-corrected chi connectivity index (χ1v) is 4.75. The van der Waals surface area contributed by atoms with Crippen LogP contribution in [0.4, 0.5) is 18.9 Å². The number of ether oxygens (including phenoxy) is 1. The van der Waals surface area contributed by atoms with E-state index < -0.39 is 34.8 Å². The molecule has 5 nitrogen and oxygen atoms in total. The Morgan fingerprint density at radius 2 is 2.00 bits per heavy atom. The van der Waals surface area contributed by atoms with Crippen LogP contribution in [0.2, 0.25) is 5.02 Å². The van der Waals surface area contributed by atoms with Crippen LogP contribution in [-0.4, -0.2) is 22.5 Å². The molecular formula is C9H7ClF3NO4. The van der Waals surface area contributed by atoms with Gasteiger partial charge < -0.3 is 20.7 Å². The lowest BCUT2D eigenvalue weighted by molar-refractivity contribution is -0.274. The van der Waals surface area contributed by atoms with E-state index in [2.05, 4.69) is 4.74 Å². The Kier molecular flexibility index (Phi) is 3.92. The van der Waals surface area contributed by atoms with Crippen molar-refractivity contribution >= 4 is 23.3 Å². The number of benzene rings is 1. The van der Waals surface area contributed by atoms with E-state index in [9.17, 15) is 23.1 Å². The van der Waals surface area contributed by atoms with Crippen LogP contribution in [0.25, 0.3) is 0 Å². The minimum atomic E-state index is -4.99. The van der Waals surface area contributed by atoms with Gasteiger partial charge in [-0.2, -0.15) is 0 Å². The minimum Gasteiger partial charge on any atom is -0.479 e. The average Bonchev–Trinajstić information content (AvgIpc) is 2.20. The summed E-state index contributed by atoms with van der Waals surface area (Å²) in [5.41, 5.74) is 4.54. The van der Waals surface area contributed by atoms with Crippen LogP contribution in [0.5, 0.6) is 5.75 Å². The van der Waals surface area contributed by atoms with Crippen molar-refractivity contribution in [1.82, 2.24) is 0 Å². The van der Waals surface area contributed by atoms with E-state index in [-0.39, 0.29) is 5.69 Å². The largest absolute Gasteiger partial charge is 0.573 e. The van der Waals surface area contributed by atoms with E-state index in [0.29, 0.717) is 0 Å². The van der Waals surface area contributed by atoms with Gasteiger partial charge in [-0.15, -0.1) is 13.2 Å². The molecule has 9 heteroatoms. The summed E-state index contributed by atoms with van der Waals surface area (Å²) >= 11 is 5.53. The molecule has 18 heavy (non-hydrogen) atoms. The number of nitrogen functional groups attached to an aromatic ring is 1. The van der Waals surface area contributed by atoms with Crippen LogP contribution >= 0.6 is 11.6 Å². The molecular weight excluding hydrogens is 279 g/mol. The number of rotatable bonds is 3. The zero-order chi connectivity index (χ0) is 14.1. The van der Waals surface area contributed by atoms with Gasteiger partial charge in [-0.1, -0.05) is 11.6 Å². The normalized spacial score (nSPS) is 13.2. The molecule has 0 saturated carbocycles. The van der Waals surface area contributed by atoms with Gasteiger partial charge in [0, 0.05) is 11.3 Å². The maximum Gasteiger partial charge on any atom is 0.573 e. The molecule has 0 amide bonds. The molecule has 0 spiro atoms. The fourth-order valence-electron chi connectivity index (χ4n) is 1.19. The summed E-state index contributed by atoms with van der Waals surface area (Å²) in [7, 11) is 0. The van der Waals surface area contributed by atoms with Gasteiger partial charge in [0.1, 0.15) is 5.75 Å². The van der Waals surface area contributed by atoms with Gasteiger partial charge in [-0.25, -0.2) is 4.79 Å². The van der Waals surface area contributed by atoms with Gasteiger partial charge in [0.2, 0.25) is 0 Å². The van der Waals surface area contributed by atoms with Crippen LogP contribution in [0.3, 0.4) is 0 Å². The van der Waals surface area contributed by atoms with E-state index in [1.807, 2.05) is 0 Å². The molecule has 0 aliphatic carbocycles. The van der Waals surface area contributed by atoms with Crippen molar-refractivity contribution in [2.45, 2.75) is 12.5 Å². The average molecular weight is 286 g/mol. The van der Waals surface area contributed by atoms with Crippen LogP contribution in [-0.2, 0) is 4.79 Å². The van der Waals surface area contributed by atoms with E-state index in [1.165, 1.54) is 0 Å². The number of anilines is 1. The van der Waals surface area contributed by atoms with Gasteiger partial charge in [0.05, 0.1) is 5.02 Å². The summed E-state index contributed by atoms with van der Waals surface area (Å²) in [6.45, 7) is 0. The van der Waals surface area contributed by atoms with E-state index >= 15 is 0 Å². The van der Waals surface area contributed by atoms with Crippen molar-refractivity contribution in [3.8, 4) is 5.75 Å². The van der Waals surface area contributed by atoms with Crippen LogP contribution in [0.15, 0.2) is 12.1 Å². The number of halogens is 4. The smallest absolute Gasteiger partial charge is 0.479 e. The number of aliphatic hydroxyl groups is 1. The monoisotopic (exact) mass is 285 g/mol. The fourth-order valence-corrected chi connectivity index (χ4v) is 1.51. The standard InChI is InChI=1S/C9H7ClF3NO4/c10-6-4(18-9(11,12)13)2-1-3(14)5(6)7(15)8(16)17/h1-2,7,15H,14H2,(H,16,17). The van der Waals surface area contributed by atoms with Gasteiger partial charge in [-0.3, -0.25) is 0 Å². The lowest BCUT2D eigenvalue weighted by Gasteiger charge is -2.16. The Balaban J connectivity index is 3.27. The minimum absolute atomic E-state index is 0.260. The van der Waals surface area contributed by atoms with Crippen molar-refractivity contribution < 1.29 is 32.9 Å². The zero-order valence-corrected chi connectivity index (χ0v) is 9.29. The zero-order valence-electron chi connectivity index (χ0n) is 8.53. The maximum atomic E-state index is 12.0. The number of alkyl halides is 3. The first-order valence-electron chi connectivity index (χ1n) is 4.38. The van der Waals surface area contributed by atoms with Crippen LogP contribution in [0.1, 0.15) is 11.7 Å². The molecule has 0 aliphatic heterocycles. The molecule has 0 radical (unpaired) electrons. The molecule has 1 aromatic carbocycles. The second-order valence-electron chi connectivity index (χ2n) is 3.17. The highest BCUT2D eigenvalue weighted by molar-refractivity contribution is 6.33. The number of carbonyl (C=O) groups is 1. The summed E-state index contributed by atoms with van der Waals surface area (Å²) in [6, 6.07) is 1.78. The van der Waals surface area contributed by atoms with Crippen molar-refractivity contribution in [1.29, 1.82) is 0 Å². The lowest BCUT2D eigenvalue weighted by Crippen LogP contribution is -2.19. The Labute approximate surface area is 104 Å². The fraction of sp³-hybridized carbons (Fsp3) is 0.222. The Morgan fingerprint density at radius 1 is 1.44 bits per heavy atom. The van der Waals surface area contributed by atoms with Crippen LogP contribution in [0, 0.1) is 0 Å². The quantitative estimate of drug-likeness (QED) is 0.738. The summed E-state index contributed by atoms with van der Waals surface area (Å²) in [5.74, 6) is -2.54. The number of aliphatic carboxylic acids is 1. The third kappa shape index (κ3) is 3.17. The molecule has 1 atom stereocenters. The molecule has 4 N–H and O–H groups in total. The van der Waals surface area contributed by atoms with Crippen molar-refractivity contribution in [3.63, 3.8) is 0 Å². The predicted octanol–water partition coefficient (Wildman–Crippen LogP) is 1.94. The maximum absolute atomic E-state index is 12.0. The van der Waals surface area contributed by atoms with Gasteiger partial charge >= 0.3 is 12.3 Å². The number of carboxylic acid groups (broad SMARTS) is 1. The van der Waals surface area contributed by atoms with Gasteiger partial charge in [-0.05, 0) is 12.1 Å². The van der Waals surface area contributed by atoms with Crippen molar-refractivity contribution in [2.24, 2.45) is 0 Å². The molecule has 1 aromatic rings. The molecule has 0 fully saturated rings. The van der Waals surface area contributed by atoms with Gasteiger partial charge in [0.25, 0.3) is 0 Å². The van der Waals surface area contributed by atoms with E-state index in [1.54, 1.807) is 0 Å². The topological polar surface area (TPSA) is 92.8 Å². The van der Waals surface area contributed by atoms with Crippen LogP contribution < -0.4 is 10.5 Å². The SMILES string of the molecule is Nc1ccc(OC(F)(F)F)c(Cl)c1C(O)C(=O)O. The second-order valence-corrected chi connectivity index (χ2v) is 3.55. The molecule has 0 aliphatic rings. The lowest BCUT2D eigenvalue weighted by atomic mass is 10.1. The number of hydrogen-bond acceptors (Lipinski definition) is 4. The molecule has 0 saturated heterocycles. The highest BCUT2D eigenvalue weighted by Crippen LogP contribution is 2.38. The molecule has 0 bridgehead atoms. The Hall–Kier alpha value is -1.67. The highest BCUT2D eigenvalue weighted by atomic mass is 35.5. The van der Waals surface area contributed by atoms with Crippen molar-refractivity contribution in [3.05, 3.63) is 22.7 Å². The first kappa shape index (κ1) is 14.4. The van der Waals surface area contributed by atoms with E-state index in [4.69, 9.17) is 22.4 Å². The third-order valence-corrected chi connectivity index (χ3v) is 2.30. The predicted molar refractivity (Wildman–Crippen MR) is 55.1 cm³/mol. The molecule has 0 heterocycles. The number of aliphatic hydroxyl groups excluding tert-OH is 1.